The summed E-state index contributed by atoms with van der Waals surface area (Å²) in [6, 6.07) is -0.0147. The molecular formula is C7H14N2OS. The van der Waals surface area contributed by atoms with E-state index in [1.54, 1.807) is 6.92 Å². The van der Waals surface area contributed by atoms with Crippen molar-refractivity contribution in [3.05, 3.63) is 0 Å². The second-order valence-corrected chi connectivity index (χ2v) is 4.01. The lowest BCUT2D eigenvalue weighted by Gasteiger charge is -2.12. The first-order valence-electron chi connectivity index (χ1n) is 3.84. The highest BCUT2D eigenvalue weighted by molar-refractivity contribution is 7.99. The molecule has 0 aromatic rings. The van der Waals surface area contributed by atoms with Gasteiger partial charge in [-0.15, -0.1) is 0 Å². The van der Waals surface area contributed by atoms with Crippen molar-refractivity contribution in [2.45, 2.75) is 25.4 Å². The minimum atomic E-state index is -0.374. The molecule has 11 heavy (non-hydrogen) atoms. The lowest BCUT2D eigenvalue weighted by Crippen LogP contribution is -2.43. The molecule has 1 heterocycles. The third-order valence-electron chi connectivity index (χ3n) is 1.69. The molecule has 0 spiro atoms. The molecule has 1 saturated heterocycles. The van der Waals surface area contributed by atoms with Gasteiger partial charge in [0.1, 0.15) is 0 Å². The normalized spacial score (nSPS) is 26.5. The number of amides is 1. The Labute approximate surface area is 71.1 Å². The number of hydrogen-bond acceptors (Lipinski definition) is 3. The Bertz CT molecular complexity index is 143. The van der Waals surface area contributed by atoms with Crippen molar-refractivity contribution in [2.75, 3.05) is 11.5 Å². The van der Waals surface area contributed by atoms with Crippen LogP contribution in [0, 0.1) is 0 Å². The molecule has 0 radical (unpaired) electrons. The van der Waals surface area contributed by atoms with Crippen molar-refractivity contribution < 1.29 is 4.79 Å². The molecule has 1 unspecified atom stereocenters. The Morgan fingerprint density at radius 1 is 1.82 bits per heavy atom. The van der Waals surface area contributed by atoms with Gasteiger partial charge in [-0.2, -0.15) is 11.8 Å². The number of carbonyl (C=O) groups is 1. The van der Waals surface area contributed by atoms with Gasteiger partial charge in [0.05, 0.1) is 6.04 Å². The number of hydrogen-bond donors (Lipinski definition) is 2. The van der Waals surface area contributed by atoms with Crippen LogP contribution in [0.1, 0.15) is 13.3 Å². The van der Waals surface area contributed by atoms with E-state index in [9.17, 15) is 4.79 Å². The zero-order valence-corrected chi connectivity index (χ0v) is 7.49. The standard InChI is InChI=1S/C7H14N2OS/c1-5(8)7(10)9-6-2-3-11-4-6/h5-6H,2-4,8H2,1H3,(H,9,10)/t5-,6?/m0/s1. The minimum absolute atomic E-state index is 0.0301. The Kier molecular flexibility index (Phi) is 3.20. The topological polar surface area (TPSA) is 55.1 Å². The number of nitrogens with one attached hydrogen (secondary N) is 1. The van der Waals surface area contributed by atoms with Crippen molar-refractivity contribution in [1.29, 1.82) is 0 Å². The first kappa shape index (κ1) is 8.87. The molecule has 0 aromatic carbocycles. The van der Waals surface area contributed by atoms with Gasteiger partial charge in [-0.25, -0.2) is 0 Å². The molecular weight excluding hydrogens is 160 g/mol. The third-order valence-corrected chi connectivity index (χ3v) is 2.85. The van der Waals surface area contributed by atoms with Crippen LogP contribution in [0.4, 0.5) is 0 Å². The highest BCUT2D eigenvalue weighted by Crippen LogP contribution is 2.16. The van der Waals surface area contributed by atoms with E-state index in [2.05, 4.69) is 5.32 Å². The molecule has 0 saturated carbocycles. The Balaban J connectivity index is 2.24. The fraction of sp³-hybridized carbons (Fsp3) is 0.857. The van der Waals surface area contributed by atoms with Gasteiger partial charge in [0.25, 0.3) is 0 Å². The maximum atomic E-state index is 11.1. The predicted octanol–water partition coefficient (Wildman–Crippen LogP) is -0.0447. The molecule has 1 amide bonds. The Hall–Kier alpha value is -0.220. The summed E-state index contributed by atoms with van der Waals surface area (Å²) in [5, 5.41) is 2.89. The van der Waals surface area contributed by atoms with Crippen molar-refractivity contribution in [1.82, 2.24) is 5.32 Å². The molecule has 1 fully saturated rings. The van der Waals surface area contributed by atoms with Crippen LogP contribution in [-0.4, -0.2) is 29.5 Å². The number of carbonyl (C=O) groups excluding carboxylic acids is 1. The van der Waals surface area contributed by atoms with E-state index in [4.69, 9.17) is 5.73 Å². The predicted molar refractivity (Wildman–Crippen MR) is 47.5 cm³/mol. The van der Waals surface area contributed by atoms with Gasteiger partial charge >= 0.3 is 0 Å². The maximum absolute atomic E-state index is 11.1. The zero-order chi connectivity index (χ0) is 8.27. The first-order chi connectivity index (χ1) is 5.20. The lowest BCUT2D eigenvalue weighted by molar-refractivity contribution is -0.122. The van der Waals surface area contributed by atoms with Crippen molar-refractivity contribution in [2.24, 2.45) is 5.73 Å². The molecule has 0 bridgehead atoms. The SMILES string of the molecule is C[C@H](N)C(=O)NC1CCSC1. The smallest absolute Gasteiger partial charge is 0.236 e. The third kappa shape index (κ3) is 2.71. The number of rotatable bonds is 2. The van der Waals surface area contributed by atoms with Crippen LogP contribution in [0.25, 0.3) is 0 Å². The second-order valence-electron chi connectivity index (χ2n) is 2.86. The van der Waals surface area contributed by atoms with Crippen LogP contribution in [0.15, 0.2) is 0 Å². The maximum Gasteiger partial charge on any atom is 0.236 e. The molecule has 1 aliphatic rings. The Morgan fingerprint density at radius 2 is 2.55 bits per heavy atom. The van der Waals surface area contributed by atoms with Crippen LogP contribution in [0.3, 0.4) is 0 Å². The average Bonchev–Trinajstić information content (AvgIpc) is 2.39. The van der Waals surface area contributed by atoms with Crippen molar-refractivity contribution in [3.63, 3.8) is 0 Å². The quantitative estimate of drug-likeness (QED) is 0.617. The van der Waals surface area contributed by atoms with Crippen LogP contribution in [0.2, 0.25) is 0 Å². The van der Waals surface area contributed by atoms with E-state index in [-0.39, 0.29) is 11.9 Å². The number of thioether (sulfide) groups is 1. The van der Waals surface area contributed by atoms with E-state index in [1.165, 1.54) is 0 Å². The monoisotopic (exact) mass is 174 g/mol. The van der Waals surface area contributed by atoms with E-state index < -0.39 is 0 Å². The van der Waals surface area contributed by atoms with E-state index in [0.29, 0.717) is 6.04 Å². The first-order valence-corrected chi connectivity index (χ1v) is 4.99. The fourth-order valence-electron chi connectivity index (χ4n) is 0.981. The largest absolute Gasteiger partial charge is 0.351 e. The molecule has 0 aliphatic carbocycles. The molecule has 3 N–H and O–H groups in total. The van der Waals surface area contributed by atoms with E-state index >= 15 is 0 Å². The molecule has 3 nitrogen and oxygen atoms in total. The van der Waals surface area contributed by atoms with Crippen LogP contribution in [0.5, 0.6) is 0 Å². The molecule has 4 heteroatoms. The van der Waals surface area contributed by atoms with Gasteiger partial charge in [0, 0.05) is 11.8 Å². The molecule has 0 aromatic heterocycles. The van der Waals surface area contributed by atoms with Crippen molar-refractivity contribution >= 4 is 17.7 Å². The fourth-order valence-corrected chi connectivity index (χ4v) is 2.13. The zero-order valence-electron chi connectivity index (χ0n) is 6.67. The summed E-state index contributed by atoms with van der Waals surface area (Å²) < 4.78 is 0. The summed E-state index contributed by atoms with van der Waals surface area (Å²) in [5.74, 6) is 2.17. The molecule has 2 atom stereocenters. The molecule has 1 rings (SSSR count). The van der Waals surface area contributed by atoms with E-state index in [0.717, 1.165) is 17.9 Å². The summed E-state index contributed by atoms with van der Waals surface area (Å²) in [7, 11) is 0. The van der Waals surface area contributed by atoms with Crippen LogP contribution < -0.4 is 11.1 Å². The van der Waals surface area contributed by atoms with Gasteiger partial charge in [-0.1, -0.05) is 0 Å². The van der Waals surface area contributed by atoms with E-state index in [1.807, 2.05) is 11.8 Å². The minimum Gasteiger partial charge on any atom is -0.351 e. The molecule has 64 valence electrons. The summed E-state index contributed by atoms with van der Waals surface area (Å²) in [4.78, 5) is 11.1. The highest BCUT2D eigenvalue weighted by Gasteiger charge is 2.18. The summed E-state index contributed by atoms with van der Waals surface area (Å²) in [6.07, 6.45) is 1.09. The Morgan fingerprint density at radius 3 is 3.00 bits per heavy atom. The van der Waals surface area contributed by atoms with Crippen LogP contribution >= 0.6 is 11.8 Å². The van der Waals surface area contributed by atoms with Gasteiger partial charge in [-0.3, -0.25) is 4.79 Å². The molecule has 1 aliphatic heterocycles. The van der Waals surface area contributed by atoms with Gasteiger partial charge < -0.3 is 11.1 Å². The summed E-state index contributed by atoms with van der Waals surface area (Å²) >= 11 is 1.88. The average molecular weight is 174 g/mol. The van der Waals surface area contributed by atoms with Crippen LogP contribution in [-0.2, 0) is 4.79 Å². The second kappa shape index (κ2) is 3.97. The highest BCUT2D eigenvalue weighted by atomic mass is 32.2. The lowest BCUT2D eigenvalue weighted by atomic mass is 10.2. The van der Waals surface area contributed by atoms with Gasteiger partial charge in [0.15, 0.2) is 0 Å². The summed E-state index contributed by atoms with van der Waals surface area (Å²) in [5.41, 5.74) is 5.40. The van der Waals surface area contributed by atoms with Gasteiger partial charge in [0.2, 0.25) is 5.91 Å². The van der Waals surface area contributed by atoms with Crippen molar-refractivity contribution in [3.8, 4) is 0 Å². The number of nitrogens with two attached hydrogens (primary N) is 1. The van der Waals surface area contributed by atoms with Gasteiger partial charge in [-0.05, 0) is 19.1 Å². The summed E-state index contributed by atoms with van der Waals surface area (Å²) in [6.45, 7) is 1.71.